The lowest BCUT2D eigenvalue weighted by molar-refractivity contribution is 0.582. The van der Waals surface area contributed by atoms with Crippen LogP contribution in [0.15, 0.2) is 135 Å². The van der Waals surface area contributed by atoms with Crippen molar-refractivity contribution in [2.75, 3.05) is 0 Å². The van der Waals surface area contributed by atoms with Crippen molar-refractivity contribution in [2.24, 2.45) is 0 Å². The van der Waals surface area contributed by atoms with Crippen molar-refractivity contribution in [3.63, 3.8) is 0 Å². The molecule has 0 fully saturated rings. The van der Waals surface area contributed by atoms with Gasteiger partial charge in [-0.1, -0.05) is 24.3 Å². The van der Waals surface area contributed by atoms with Crippen molar-refractivity contribution in [3.8, 4) is 22.6 Å². The number of hydrogen-bond donors (Lipinski definition) is 0. The van der Waals surface area contributed by atoms with E-state index in [4.69, 9.17) is 13.3 Å². The Balaban J connectivity index is 1.25. The summed E-state index contributed by atoms with van der Waals surface area (Å²) in [6, 6.07) is 38.6. The largest absolute Gasteiger partial charge is 0.464 e. The highest BCUT2D eigenvalue weighted by Gasteiger charge is 2.12. The standard InChI is InChI=1S/C36H20O3/c1-3-33(37-9-1)23-7-5-21-11-29-19-35-31(17-27(29)15-25(21)13-23)32-18-28-16-26-14-24(34-4-2-10-38-34)8-6-22(26)12-30(28)20-36(32)39-35/h1-20H. The minimum absolute atomic E-state index is 0.879. The van der Waals surface area contributed by atoms with Crippen LogP contribution in [0.5, 0.6) is 0 Å². The molecule has 9 rings (SSSR count). The molecule has 3 nitrogen and oxygen atoms in total. The van der Waals surface area contributed by atoms with Crippen LogP contribution in [0.1, 0.15) is 0 Å². The van der Waals surface area contributed by atoms with Crippen LogP contribution in [0.4, 0.5) is 0 Å². The normalized spacial score (nSPS) is 12.1. The fraction of sp³-hybridized carbons (Fsp3) is 0. The second kappa shape index (κ2) is 7.62. The van der Waals surface area contributed by atoms with Gasteiger partial charge in [0.1, 0.15) is 22.7 Å². The zero-order valence-electron chi connectivity index (χ0n) is 20.8. The summed E-state index contributed by atoms with van der Waals surface area (Å²) >= 11 is 0. The van der Waals surface area contributed by atoms with Gasteiger partial charge in [-0.3, -0.25) is 0 Å². The Morgan fingerprint density at radius 1 is 0.359 bits per heavy atom. The van der Waals surface area contributed by atoms with Gasteiger partial charge in [0.05, 0.1) is 12.5 Å². The second-order valence-corrected chi connectivity index (χ2v) is 10.3. The summed E-state index contributed by atoms with van der Waals surface area (Å²) in [6.45, 7) is 0. The maximum Gasteiger partial charge on any atom is 0.136 e. The highest BCUT2D eigenvalue weighted by Crippen LogP contribution is 2.38. The minimum atomic E-state index is 0.879. The van der Waals surface area contributed by atoms with E-state index < -0.39 is 0 Å². The van der Waals surface area contributed by atoms with Crippen LogP contribution in [-0.2, 0) is 0 Å². The SMILES string of the molecule is c1coc(-c2ccc3cc4cc5oc6cc7cc8ccc(-c9ccco9)cc8cc7cc6c5cc4cc3c2)c1. The van der Waals surface area contributed by atoms with Crippen molar-refractivity contribution in [1.82, 2.24) is 0 Å². The van der Waals surface area contributed by atoms with Gasteiger partial charge in [-0.25, -0.2) is 0 Å². The summed E-state index contributed by atoms with van der Waals surface area (Å²) in [6.07, 6.45) is 3.43. The molecule has 3 heteroatoms. The fourth-order valence-corrected chi connectivity index (χ4v) is 5.96. The Morgan fingerprint density at radius 3 is 1.26 bits per heavy atom. The minimum Gasteiger partial charge on any atom is -0.464 e. The molecule has 39 heavy (non-hydrogen) atoms. The molecule has 0 aliphatic heterocycles. The smallest absolute Gasteiger partial charge is 0.136 e. The third-order valence-corrected chi connectivity index (χ3v) is 7.91. The van der Waals surface area contributed by atoms with E-state index in [1.54, 1.807) is 12.5 Å². The van der Waals surface area contributed by atoms with Crippen LogP contribution in [0.2, 0.25) is 0 Å². The average molecular weight is 501 g/mol. The van der Waals surface area contributed by atoms with Gasteiger partial charge in [-0.2, -0.15) is 0 Å². The molecule has 0 spiro atoms. The second-order valence-electron chi connectivity index (χ2n) is 10.3. The number of hydrogen-bond acceptors (Lipinski definition) is 3. The van der Waals surface area contributed by atoms with Crippen LogP contribution >= 0.6 is 0 Å². The molecule has 9 aromatic rings. The summed E-state index contributed by atoms with van der Waals surface area (Å²) in [5, 5.41) is 11.7. The van der Waals surface area contributed by atoms with E-state index in [2.05, 4.69) is 84.9 Å². The molecule has 0 saturated heterocycles. The fourth-order valence-electron chi connectivity index (χ4n) is 5.96. The predicted molar refractivity (Wildman–Crippen MR) is 159 cm³/mol. The average Bonchev–Trinajstić information content (AvgIpc) is 3.74. The number of fused-ring (bicyclic) bond motifs is 7. The molecule has 6 aromatic carbocycles. The highest BCUT2D eigenvalue weighted by molar-refractivity contribution is 6.16. The molecular weight excluding hydrogens is 480 g/mol. The molecule has 0 bridgehead atoms. The zero-order valence-corrected chi connectivity index (χ0v) is 20.8. The van der Waals surface area contributed by atoms with Crippen LogP contribution in [-0.4, -0.2) is 0 Å². The third-order valence-electron chi connectivity index (χ3n) is 7.91. The van der Waals surface area contributed by atoms with Crippen molar-refractivity contribution >= 4 is 65.0 Å². The predicted octanol–water partition coefficient (Wildman–Crippen LogP) is 10.7. The lowest BCUT2D eigenvalue weighted by Gasteiger charge is -2.06. The van der Waals surface area contributed by atoms with Gasteiger partial charge in [-0.15, -0.1) is 0 Å². The van der Waals surface area contributed by atoms with E-state index in [-0.39, 0.29) is 0 Å². The van der Waals surface area contributed by atoms with E-state index in [0.29, 0.717) is 0 Å². The molecule has 0 amide bonds. The van der Waals surface area contributed by atoms with Crippen molar-refractivity contribution in [1.29, 1.82) is 0 Å². The summed E-state index contributed by atoms with van der Waals surface area (Å²) in [7, 11) is 0. The van der Waals surface area contributed by atoms with E-state index in [0.717, 1.165) is 44.6 Å². The summed E-state index contributed by atoms with van der Waals surface area (Å²) < 4.78 is 17.6. The molecule has 0 saturated carbocycles. The van der Waals surface area contributed by atoms with E-state index in [1.807, 2.05) is 24.3 Å². The molecule has 0 aliphatic rings. The molecule has 3 heterocycles. The number of furan rings is 3. The van der Waals surface area contributed by atoms with Crippen molar-refractivity contribution in [3.05, 3.63) is 122 Å². The van der Waals surface area contributed by atoms with Gasteiger partial charge < -0.3 is 13.3 Å². The van der Waals surface area contributed by atoms with Gasteiger partial charge in [0, 0.05) is 21.9 Å². The maximum atomic E-state index is 6.40. The molecule has 182 valence electrons. The Hall–Kier alpha value is -5.28. The first-order valence-electron chi connectivity index (χ1n) is 13.0. The molecule has 0 atom stereocenters. The molecule has 0 unspecified atom stereocenters. The number of rotatable bonds is 2. The van der Waals surface area contributed by atoms with Gasteiger partial charge in [0.15, 0.2) is 0 Å². The lowest BCUT2D eigenvalue weighted by Crippen LogP contribution is -1.80. The summed E-state index contributed by atoms with van der Waals surface area (Å²) in [5.41, 5.74) is 3.97. The van der Waals surface area contributed by atoms with Crippen molar-refractivity contribution in [2.45, 2.75) is 0 Å². The van der Waals surface area contributed by atoms with Gasteiger partial charge in [-0.05, 0) is 128 Å². The Bertz CT molecular complexity index is 2200. The maximum absolute atomic E-state index is 6.40. The van der Waals surface area contributed by atoms with E-state index in [9.17, 15) is 0 Å². The van der Waals surface area contributed by atoms with Gasteiger partial charge in [0.2, 0.25) is 0 Å². The van der Waals surface area contributed by atoms with E-state index >= 15 is 0 Å². The van der Waals surface area contributed by atoms with Crippen molar-refractivity contribution < 1.29 is 13.3 Å². The van der Waals surface area contributed by atoms with Crippen LogP contribution in [0.25, 0.3) is 87.7 Å². The van der Waals surface area contributed by atoms with Crippen LogP contribution in [0.3, 0.4) is 0 Å². The molecular formula is C36H20O3. The quantitative estimate of drug-likeness (QED) is 0.222. The van der Waals surface area contributed by atoms with E-state index in [1.165, 1.54) is 43.1 Å². The summed E-state index contributed by atoms with van der Waals surface area (Å²) in [5.74, 6) is 1.76. The number of benzene rings is 6. The van der Waals surface area contributed by atoms with Crippen LogP contribution < -0.4 is 0 Å². The first kappa shape index (κ1) is 20.7. The Morgan fingerprint density at radius 2 is 0.795 bits per heavy atom. The lowest BCUT2D eigenvalue weighted by atomic mass is 9.98. The Labute approximate surface area is 222 Å². The highest BCUT2D eigenvalue weighted by atomic mass is 16.3. The molecule has 3 aromatic heterocycles. The van der Waals surface area contributed by atoms with Gasteiger partial charge >= 0.3 is 0 Å². The third kappa shape index (κ3) is 3.17. The topological polar surface area (TPSA) is 39.4 Å². The van der Waals surface area contributed by atoms with Crippen LogP contribution in [0, 0.1) is 0 Å². The molecule has 0 N–H and O–H groups in total. The summed E-state index contributed by atoms with van der Waals surface area (Å²) in [4.78, 5) is 0. The molecule has 0 radical (unpaired) electrons. The first-order valence-corrected chi connectivity index (χ1v) is 13.0. The monoisotopic (exact) mass is 500 g/mol. The Kier molecular flexibility index (Phi) is 4.05. The van der Waals surface area contributed by atoms with Gasteiger partial charge in [0.25, 0.3) is 0 Å². The zero-order chi connectivity index (χ0) is 25.5. The first-order chi connectivity index (χ1) is 19.2. The molecule has 0 aliphatic carbocycles.